The highest BCUT2D eigenvalue weighted by molar-refractivity contribution is 5.92. The van der Waals surface area contributed by atoms with Gasteiger partial charge in [0, 0.05) is 18.2 Å². The van der Waals surface area contributed by atoms with E-state index in [4.69, 9.17) is 10.5 Å². The fourth-order valence-corrected chi connectivity index (χ4v) is 1.92. The van der Waals surface area contributed by atoms with Gasteiger partial charge in [-0.2, -0.15) is 0 Å². The van der Waals surface area contributed by atoms with Crippen LogP contribution in [0.4, 0.5) is 5.69 Å². The fourth-order valence-electron chi connectivity index (χ4n) is 1.92. The van der Waals surface area contributed by atoms with E-state index in [0.717, 1.165) is 16.8 Å². The predicted molar refractivity (Wildman–Crippen MR) is 88.2 cm³/mol. The van der Waals surface area contributed by atoms with Crippen molar-refractivity contribution in [3.8, 4) is 0 Å². The lowest BCUT2D eigenvalue weighted by molar-refractivity contribution is -0.119. The van der Waals surface area contributed by atoms with Crippen LogP contribution in [0.25, 0.3) is 0 Å². The second-order valence-electron chi connectivity index (χ2n) is 5.30. The molecule has 0 aliphatic carbocycles. The number of carbonyl (C=O) groups is 1. The summed E-state index contributed by atoms with van der Waals surface area (Å²) < 4.78 is 5.68. The van der Waals surface area contributed by atoms with Crippen molar-refractivity contribution in [2.24, 2.45) is 11.7 Å². The first kappa shape index (κ1) is 16.2. The fraction of sp³-hybridized carbons (Fsp3) is 0.278. The Balaban J connectivity index is 1.80. The molecule has 2 rings (SSSR count). The van der Waals surface area contributed by atoms with Gasteiger partial charge >= 0.3 is 0 Å². The van der Waals surface area contributed by atoms with E-state index in [1.807, 2.05) is 54.6 Å². The smallest absolute Gasteiger partial charge is 0.228 e. The number of benzene rings is 2. The molecular weight excluding hydrogens is 276 g/mol. The van der Waals surface area contributed by atoms with E-state index in [1.54, 1.807) is 6.92 Å². The monoisotopic (exact) mass is 298 g/mol. The molecule has 0 aliphatic rings. The Kier molecular flexibility index (Phi) is 6.13. The molecule has 2 aromatic rings. The molecule has 4 heteroatoms. The van der Waals surface area contributed by atoms with Crippen LogP contribution in [0, 0.1) is 5.92 Å². The molecule has 3 N–H and O–H groups in total. The molecule has 0 aromatic heterocycles. The maximum atomic E-state index is 11.7. The van der Waals surface area contributed by atoms with E-state index >= 15 is 0 Å². The van der Waals surface area contributed by atoms with Gasteiger partial charge in [-0.25, -0.2) is 0 Å². The predicted octanol–water partition coefficient (Wildman–Crippen LogP) is 2.94. The Bertz CT molecular complexity index is 582. The molecule has 0 spiro atoms. The molecule has 116 valence electrons. The highest BCUT2D eigenvalue weighted by Crippen LogP contribution is 2.12. The average molecular weight is 298 g/mol. The first-order chi connectivity index (χ1) is 10.7. The second-order valence-corrected chi connectivity index (χ2v) is 5.30. The van der Waals surface area contributed by atoms with Crippen molar-refractivity contribution >= 4 is 11.6 Å². The van der Waals surface area contributed by atoms with Crippen molar-refractivity contribution in [3.05, 3.63) is 65.7 Å². The molecule has 0 radical (unpaired) electrons. The van der Waals surface area contributed by atoms with Crippen molar-refractivity contribution in [1.29, 1.82) is 0 Å². The van der Waals surface area contributed by atoms with Crippen LogP contribution in [0.15, 0.2) is 54.6 Å². The zero-order chi connectivity index (χ0) is 15.8. The van der Waals surface area contributed by atoms with Gasteiger partial charge in [-0.3, -0.25) is 4.79 Å². The second kappa shape index (κ2) is 8.32. The number of carbonyl (C=O) groups excluding carboxylic acids is 1. The van der Waals surface area contributed by atoms with Crippen molar-refractivity contribution in [3.63, 3.8) is 0 Å². The summed E-state index contributed by atoms with van der Waals surface area (Å²) in [5.74, 6) is -0.246. The van der Waals surface area contributed by atoms with Gasteiger partial charge in [0.25, 0.3) is 0 Å². The van der Waals surface area contributed by atoms with Crippen LogP contribution in [0.5, 0.6) is 0 Å². The summed E-state index contributed by atoms with van der Waals surface area (Å²) in [6.45, 7) is 3.29. The lowest BCUT2D eigenvalue weighted by Gasteiger charge is -2.10. The van der Waals surface area contributed by atoms with Gasteiger partial charge in [-0.05, 0) is 23.3 Å². The first-order valence-electron chi connectivity index (χ1n) is 7.40. The summed E-state index contributed by atoms with van der Waals surface area (Å²) in [5, 5.41) is 2.84. The molecule has 2 aromatic carbocycles. The quantitative estimate of drug-likeness (QED) is 0.826. The van der Waals surface area contributed by atoms with E-state index in [9.17, 15) is 4.79 Å². The number of anilines is 1. The maximum absolute atomic E-state index is 11.7. The normalized spacial score (nSPS) is 11.9. The minimum absolute atomic E-state index is 0.0597. The molecule has 1 unspecified atom stereocenters. The van der Waals surface area contributed by atoms with Crippen molar-refractivity contribution < 1.29 is 9.53 Å². The Hall–Kier alpha value is -2.17. The topological polar surface area (TPSA) is 64.4 Å². The summed E-state index contributed by atoms with van der Waals surface area (Å²) in [6, 6.07) is 17.7. The van der Waals surface area contributed by atoms with Gasteiger partial charge in [-0.15, -0.1) is 0 Å². The molecule has 0 aliphatic heterocycles. The van der Waals surface area contributed by atoms with E-state index in [0.29, 0.717) is 19.8 Å². The summed E-state index contributed by atoms with van der Waals surface area (Å²) in [6.07, 6.45) is 0. The van der Waals surface area contributed by atoms with Crippen molar-refractivity contribution in [1.82, 2.24) is 0 Å². The molecule has 0 heterocycles. The molecule has 0 saturated carbocycles. The van der Waals surface area contributed by atoms with Gasteiger partial charge in [0.2, 0.25) is 5.91 Å². The van der Waals surface area contributed by atoms with Gasteiger partial charge in [0.15, 0.2) is 0 Å². The Morgan fingerprint density at radius 3 is 2.23 bits per heavy atom. The Morgan fingerprint density at radius 1 is 1.05 bits per heavy atom. The van der Waals surface area contributed by atoms with Crippen LogP contribution in [0.1, 0.15) is 18.1 Å². The lowest BCUT2D eigenvalue weighted by atomic mass is 10.1. The summed E-state index contributed by atoms with van der Waals surface area (Å²) in [5.41, 5.74) is 8.48. The van der Waals surface area contributed by atoms with Crippen LogP contribution in [-0.4, -0.2) is 12.5 Å². The number of rotatable bonds is 7. The number of amides is 1. The molecule has 1 amide bonds. The highest BCUT2D eigenvalue weighted by atomic mass is 16.5. The number of hydrogen-bond acceptors (Lipinski definition) is 3. The zero-order valence-corrected chi connectivity index (χ0v) is 12.8. The standard InChI is InChI=1S/C18H22N2O2/c1-14(11-19)18(21)20-17-9-7-16(8-10-17)13-22-12-15-5-3-2-4-6-15/h2-10,14H,11-13,19H2,1H3,(H,20,21). The SMILES string of the molecule is CC(CN)C(=O)Nc1ccc(COCc2ccccc2)cc1. The lowest BCUT2D eigenvalue weighted by Crippen LogP contribution is -2.26. The Morgan fingerprint density at radius 2 is 1.64 bits per heavy atom. The first-order valence-corrected chi connectivity index (χ1v) is 7.40. The van der Waals surface area contributed by atoms with E-state index < -0.39 is 0 Å². The van der Waals surface area contributed by atoms with Crippen LogP contribution in [-0.2, 0) is 22.7 Å². The zero-order valence-electron chi connectivity index (χ0n) is 12.8. The van der Waals surface area contributed by atoms with Crippen molar-refractivity contribution in [2.45, 2.75) is 20.1 Å². The Labute approximate surface area is 131 Å². The van der Waals surface area contributed by atoms with E-state index in [-0.39, 0.29) is 11.8 Å². The third kappa shape index (κ3) is 4.98. The summed E-state index contributed by atoms with van der Waals surface area (Å²) >= 11 is 0. The third-order valence-electron chi connectivity index (χ3n) is 3.40. The number of nitrogens with two attached hydrogens (primary N) is 1. The van der Waals surface area contributed by atoms with Gasteiger partial charge in [0.05, 0.1) is 13.2 Å². The molecule has 1 atom stereocenters. The minimum Gasteiger partial charge on any atom is -0.372 e. The highest BCUT2D eigenvalue weighted by Gasteiger charge is 2.10. The van der Waals surface area contributed by atoms with Crippen LogP contribution >= 0.6 is 0 Å². The molecule has 0 bridgehead atoms. The minimum atomic E-state index is -0.186. The van der Waals surface area contributed by atoms with Crippen molar-refractivity contribution in [2.75, 3.05) is 11.9 Å². The van der Waals surface area contributed by atoms with Crippen LogP contribution in [0.2, 0.25) is 0 Å². The largest absolute Gasteiger partial charge is 0.372 e. The van der Waals surface area contributed by atoms with Gasteiger partial charge in [0.1, 0.15) is 0 Å². The number of ether oxygens (including phenoxy) is 1. The van der Waals surface area contributed by atoms with Gasteiger partial charge < -0.3 is 15.8 Å². The summed E-state index contributed by atoms with van der Waals surface area (Å²) in [4.78, 5) is 11.7. The third-order valence-corrected chi connectivity index (χ3v) is 3.40. The average Bonchev–Trinajstić information content (AvgIpc) is 2.56. The number of hydrogen-bond donors (Lipinski definition) is 2. The molecule has 0 fully saturated rings. The van der Waals surface area contributed by atoms with E-state index in [1.165, 1.54) is 0 Å². The number of nitrogens with one attached hydrogen (secondary N) is 1. The van der Waals surface area contributed by atoms with Gasteiger partial charge in [-0.1, -0.05) is 49.4 Å². The molecular formula is C18H22N2O2. The molecule has 4 nitrogen and oxygen atoms in total. The molecule has 22 heavy (non-hydrogen) atoms. The summed E-state index contributed by atoms with van der Waals surface area (Å²) in [7, 11) is 0. The molecule has 0 saturated heterocycles. The maximum Gasteiger partial charge on any atom is 0.228 e. The van der Waals surface area contributed by atoms with Crippen LogP contribution in [0.3, 0.4) is 0 Å². The van der Waals surface area contributed by atoms with Crippen LogP contribution < -0.4 is 11.1 Å². The van der Waals surface area contributed by atoms with E-state index in [2.05, 4.69) is 5.32 Å².